The summed E-state index contributed by atoms with van der Waals surface area (Å²) in [7, 11) is 0. The Kier molecular flexibility index (Phi) is 19.1. The predicted molar refractivity (Wildman–Crippen MR) is 147 cm³/mol. The molecule has 1 unspecified atom stereocenters. The van der Waals surface area contributed by atoms with Crippen LogP contribution in [0.3, 0.4) is 0 Å². The molecule has 0 spiro atoms. The summed E-state index contributed by atoms with van der Waals surface area (Å²) in [5.74, 6) is 0.0207. The molecule has 0 saturated carbocycles. The van der Waals surface area contributed by atoms with Crippen LogP contribution >= 0.6 is 0 Å². The molecule has 0 saturated heterocycles. The van der Waals surface area contributed by atoms with E-state index in [1.54, 1.807) is 17.1 Å². The number of hydrogen-bond donors (Lipinski definition) is 2. The van der Waals surface area contributed by atoms with Gasteiger partial charge in [-0.25, -0.2) is 0 Å². The molecule has 0 aromatic heterocycles. The summed E-state index contributed by atoms with van der Waals surface area (Å²) in [6.07, 6.45) is 28.4. The second-order valence-corrected chi connectivity index (χ2v) is 9.96. The molecule has 1 rings (SSSR count). The molecule has 2 amide bonds. The molecule has 5 nitrogen and oxygen atoms in total. The van der Waals surface area contributed by atoms with E-state index in [0.29, 0.717) is 19.4 Å². The smallest absolute Gasteiger partial charge is 0.251 e. The van der Waals surface area contributed by atoms with E-state index in [9.17, 15) is 14.7 Å². The summed E-state index contributed by atoms with van der Waals surface area (Å²) < 4.78 is 0. The molecule has 0 aromatic carbocycles. The lowest BCUT2D eigenvalue weighted by Gasteiger charge is -2.17. The van der Waals surface area contributed by atoms with Crippen LogP contribution in [0.4, 0.5) is 0 Å². The number of aliphatic hydroxyl groups excluding tert-OH is 1. The van der Waals surface area contributed by atoms with Gasteiger partial charge in [0.2, 0.25) is 5.91 Å². The Labute approximate surface area is 215 Å². The van der Waals surface area contributed by atoms with Crippen molar-refractivity contribution in [3.8, 4) is 0 Å². The minimum absolute atomic E-state index is 0.00936. The maximum atomic E-state index is 12.2. The van der Waals surface area contributed by atoms with E-state index in [1.807, 2.05) is 0 Å². The normalized spacial score (nSPS) is 14.4. The summed E-state index contributed by atoms with van der Waals surface area (Å²) in [5, 5.41) is 12.5. The number of carbonyl (C=O) groups excluding carboxylic acids is 2. The lowest BCUT2D eigenvalue weighted by molar-refractivity contribution is -0.123. The van der Waals surface area contributed by atoms with Gasteiger partial charge in [-0.05, 0) is 38.2 Å². The number of unbranched alkanes of at least 4 members (excludes halogenated alkanes) is 14. The molecule has 0 aliphatic carbocycles. The molecule has 0 bridgehead atoms. The van der Waals surface area contributed by atoms with Crippen LogP contribution in [0.15, 0.2) is 36.6 Å². The van der Waals surface area contributed by atoms with E-state index in [0.717, 1.165) is 37.8 Å². The van der Waals surface area contributed by atoms with Crippen molar-refractivity contribution in [1.29, 1.82) is 0 Å². The highest BCUT2D eigenvalue weighted by Crippen LogP contribution is 2.15. The SMILES string of the molecule is C=C1C=CC(=O)N1CCCCCCC(=O)NC(CO)C/C=C/CCCCCCCCCCCCC. The molecule has 1 heterocycles. The quantitative estimate of drug-likeness (QED) is 0.120. The van der Waals surface area contributed by atoms with Crippen LogP contribution in [0, 0.1) is 0 Å². The number of allylic oxidation sites excluding steroid dienone is 2. The second kappa shape index (κ2) is 21.4. The number of hydrogen-bond acceptors (Lipinski definition) is 3. The number of aliphatic hydroxyl groups is 1. The van der Waals surface area contributed by atoms with E-state index in [4.69, 9.17) is 0 Å². The Bertz CT molecular complexity index is 624. The van der Waals surface area contributed by atoms with Crippen molar-refractivity contribution in [2.24, 2.45) is 0 Å². The molecular weight excluding hydrogens is 436 g/mol. The van der Waals surface area contributed by atoms with Crippen molar-refractivity contribution in [2.75, 3.05) is 13.2 Å². The van der Waals surface area contributed by atoms with E-state index in [1.165, 1.54) is 70.6 Å². The Balaban J connectivity index is 1.94. The standard InChI is InChI=1S/C30H52N2O3/c1-3-4-5-6-7-8-9-10-11-12-13-14-15-18-21-28(26-33)31-29(34)22-19-16-17-20-25-32-27(2)23-24-30(32)35/h15,18,23-24,28,33H,2-14,16-17,19-22,25-26H2,1H3,(H,31,34)/b18-15+. The van der Waals surface area contributed by atoms with Crippen LogP contribution in [0.1, 0.15) is 122 Å². The zero-order chi connectivity index (χ0) is 25.6. The number of amides is 2. The first-order valence-electron chi connectivity index (χ1n) is 14.3. The Morgan fingerprint density at radius 3 is 2.11 bits per heavy atom. The molecule has 1 aliphatic heterocycles. The number of carbonyl (C=O) groups is 2. The van der Waals surface area contributed by atoms with Crippen molar-refractivity contribution in [2.45, 2.75) is 129 Å². The van der Waals surface area contributed by atoms with Crippen LogP contribution < -0.4 is 5.32 Å². The minimum Gasteiger partial charge on any atom is -0.394 e. The van der Waals surface area contributed by atoms with Gasteiger partial charge < -0.3 is 15.3 Å². The molecule has 5 heteroatoms. The van der Waals surface area contributed by atoms with Crippen LogP contribution in [-0.2, 0) is 9.59 Å². The molecule has 0 aromatic rings. The third-order valence-electron chi connectivity index (χ3n) is 6.71. The average Bonchev–Trinajstić information content (AvgIpc) is 3.17. The van der Waals surface area contributed by atoms with Crippen molar-refractivity contribution >= 4 is 11.8 Å². The fourth-order valence-electron chi connectivity index (χ4n) is 4.44. The van der Waals surface area contributed by atoms with Gasteiger partial charge in [0.1, 0.15) is 0 Å². The van der Waals surface area contributed by atoms with Gasteiger partial charge in [0.15, 0.2) is 0 Å². The van der Waals surface area contributed by atoms with E-state index in [2.05, 4.69) is 31.0 Å². The fraction of sp³-hybridized carbons (Fsp3) is 0.733. The summed E-state index contributed by atoms with van der Waals surface area (Å²) in [6, 6.07) is -0.198. The van der Waals surface area contributed by atoms with Gasteiger partial charge in [-0.2, -0.15) is 0 Å². The molecule has 1 aliphatic rings. The van der Waals surface area contributed by atoms with Gasteiger partial charge in [0.05, 0.1) is 12.6 Å². The molecule has 1 atom stereocenters. The summed E-state index contributed by atoms with van der Waals surface area (Å²) in [6.45, 7) is 6.79. The first-order chi connectivity index (χ1) is 17.1. The van der Waals surface area contributed by atoms with Crippen LogP contribution in [0.25, 0.3) is 0 Å². The lowest BCUT2D eigenvalue weighted by Crippen LogP contribution is -2.36. The van der Waals surface area contributed by atoms with E-state index >= 15 is 0 Å². The monoisotopic (exact) mass is 488 g/mol. The zero-order valence-corrected chi connectivity index (χ0v) is 22.4. The second-order valence-electron chi connectivity index (χ2n) is 9.96. The maximum absolute atomic E-state index is 12.2. The fourth-order valence-corrected chi connectivity index (χ4v) is 4.44. The molecule has 0 radical (unpaired) electrons. The number of nitrogens with zero attached hydrogens (tertiary/aromatic N) is 1. The molecule has 2 N–H and O–H groups in total. The zero-order valence-electron chi connectivity index (χ0n) is 22.4. The van der Waals surface area contributed by atoms with Crippen LogP contribution in [0.5, 0.6) is 0 Å². The average molecular weight is 489 g/mol. The minimum atomic E-state index is -0.198. The molecule has 0 fully saturated rings. The summed E-state index contributed by atoms with van der Waals surface area (Å²) >= 11 is 0. The Morgan fingerprint density at radius 1 is 0.914 bits per heavy atom. The highest BCUT2D eigenvalue weighted by Gasteiger charge is 2.17. The van der Waals surface area contributed by atoms with Gasteiger partial charge in [0.25, 0.3) is 5.91 Å². The van der Waals surface area contributed by atoms with Crippen LogP contribution in [-0.4, -0.2) is 41.0 Å². The van der Waals surface area contributed by atoms with Gasteiger partial charge in [-0.15, -0.1) is 0 Å². The van der Waals surface area contributed by atoms with Crippen LogP contribution in [0.2, 0.25) is 0 Å². The largest absolute Gasteiger partial charge is 0.394 e. The van der Waals surface area contributed by atoms with Gasteiger partial charge >= 0.3 is 0 Å². The third-order valence-corrected chi connectivity index (χ3v) is 6.71. The van der Waals surface area contributed by atoms with Crippen molar-refractivity contribution in [1.82, 2.24) is 10.2 Å². The third kappa shape index (κ3) is 16.4. The summed E-state index contributed by atoms with van der Waals surface area (Å²) in [5.41, 5.74) is 0.761. The Hall–Kier alpha value is -1.88. The van der Waals surface area contributed by atoms with Crippen molar-refractivity contribution < 1.29 is 14.7 Å². The van der Waals surface area contributed by atoms with Gasteiger partial charge in [-0.1, -0.05) is 103 Å². The number of rotatable bonds is 23. The van der Waals surface area contributed by atoms with Crippen molar-refractivity contribution in [3.05, 3.63) is 36.6 Å². The topological polar surface area (TPSA) is 69.6 Å². The molecule has 200 valence electrons. The first-order valence-corrected chi connectivity index (χ1v) is 14.3. The molecular formula is C30H52N2O3. The van der Waals surface area contributed by atoms with E-state index in [-0.39, 0.29) is 24.5 Å². The van der Waals surface area contributed by atoms with Crippen molar-refractivity contribution in [3.63, 3.8) is 0 Å². The molecule has 35 heavy (non-hydrogen) atoms. The lowest BCUT2D eigenvalue weighted by atomic mass is 10.1. The van der Waals surface area contributed by atoms with Gasteiger partial charge in [-0.3, -0.25) is 9.59 Å². The van der Waals surface area contributed by atoms with Gasteiger partial charge in [0, 0.05) is 24.7 Å². The Morgan fingerprint density at radius 2 is 1.51 bits per heavy atom. The first kappa shape index (κ1) is 31.2. The maximum Gasteiger partial charge on any atom is 0.251 e. The predicted octanol–water partition coefficient (Wildman–Crippen LogP) is 6.97. The number of nitrogens with one attached hydrogen (secondary N) is 1. The summed E-state index contributed by atoms with van der Waals surface area (Å²) in [4.78, 5) is 25.5. The highest BCUT2D eigenvalue weighted by atomic mass is 16.3. The van der Waals surface area contributed by atoms with E-state index < -0.39 is 0 Å². The highest BCUT2D eigenvalue weighted by molar-refractivity contribution is 5.92.